The maximum Gasteiger partial charge on any atom is 0.257 e. The van der Waals surface area contributed by atoms with Gasteiger partial charge >= 0.3 is 0 Å². The van der Waals surface area contributed by atoms with Gasteiger partial charge in [0.25, 0.3) is 5.91 Å². The predicted molar refractivity (Wildman–Crippen MR) is 143 cm³/mol. The molecule has 0 aliphatic carbocycles. The van der Waals surface area contributed by atoms with E-state index in [0.29, 0.717) is 40.3 Å². The maximum absolute atomic E-state index is 13.5. The number of hydrogen-bond acceptors (Lipinski definition) is 7. The second-order valence-corrected chi connectivity index (χ2v) is 10.3. The second-order valence-electron chi connectivity index (χ2n) is 9.36. The number of amides is 2. The molecular weight excluding hydrogens is 509 g/mol. The topological polar surface area (TPSA) is 108 Å². The lowest BCUT2D eigenvalue weighted by Crippen LogP contribution is -2.37. The Hall–Kier alpha value is -3.93. The number of likely N-dealkylation sites (N-methyl/N-ethyl adjacent to an activating group) is 2. The van der Waals surface area contributed by atoms with Crippen LogP contribution in [0.25, 0.3) is 10.9 Å². The van der Waals surface area contributed by atoms with E-state index in [0.717, 1.165) is 5.56 Å². The zero-order chi connectivity index (χ0) is 27.0. The van der Waals surface area contributed by atoms with Crippen LogP contribution in [0, 0.1) is 5.82 Å². The summed E-state index contributed by atoms with van der Waals surface area (Å²) in [6.07, 6.45) is 2.31. The van der Waals surface area contributed by atoms with Gasteiger partial charge in [-0.15, -0.1) is 11.3 Å². The molecule has 38 heavy (non-hydrogen) atoms. The average molecular weight is 536 g/mol. The first-order valence-corrected chi connectivity index (χ1v) is 12.8. The monoisotopic (exact) mass is 535 g/mol. The average Bonchev–Trinajstić information content (AvgIpc) is 3.43. The van der Waals surface area contributed by atoms with Gasteiger partial charge < -0.3 is 19.9 Å². The number of aliphatic hydroxyl groups is 1. The summed E-state index contributed by atoms with van der Waals surface area (Å²) in [5, 5.41) is 15.9. The SMILES string of the molecule is CN(Cc1cc2c3c(c1)c(=O)c(C(=O)NCc1ccc(F)cc1)cn3CC(=O)N2C)C[C@@H](O)c1nccs1. The fourth-order valence-corrected chi connectivity index (χ4v) is 5.24. The number of halogens is 1. The van der Waals surface area contributed by atoms with Gasteiger partial charge in [-0.25, -0.2) is 9.37 Å². The van der Waals surface area contributed by atoms with E-state index in [-0.39, 0.29) is 30.4 Å². The summed E-state index contributed by atoms with van der Waals surface area (Å²) in [5.41, 5.74) is 2.10. The van der Waals surface area contributed by atoms with Gasteiger partial charge in [0.2, 0.25) is 11.3 Å². The molecule has 1 aliphatic heterocycles. The van der Waals surface area contributed by atoms with Crippen molar-refractivity contribution in [3.05, 3.63) is 91.9 Å². The minimum atomic E-state index is -0.753. The first-order valence-electron chi connectivity index (χ1n) is 12.0. The van der Waals surface area contributed by atoms with Crippen LogP contribution in [0.3, 0.4) is 0 Å². The van der Waals surface area contributed by atoms with Crippen molar-refractivity contribution in [3.8, 4) is 0 Å². The Kier molecular flexibility index (Phi) is 7.06. The summed E-state index contributed by atoms with van der Waals surface area (Å²) < 4.78 is 14.8. The van der Waals surface area contributed by atoms with E-state index in [2.05, 4.69) is 10.3 Å². The fraction of sp³-hybridized carbons (Fsp3) is 0.259. The normalized spacial score (nSPS) is 13.8. The van der Waals surface area contributed by atoms with Crippen molar-refractivity contribution >= 4 is 39.7 Å². The Balaban J connectivity index is 1.47. The van der Waals surface area contributed by atoms with Crippen molar-refractivity contribution in [2.75, 3.05) is 25.5 Å². The van der Waals surface area contributed by atoms with Gasteiger partial charge in [0, 0.05) is 49.8 Å². The number of rotatable bonds is 8. The molecule has 0 unspecified atom stereocenters. The maximum atomic E-state index is 13.5. The molecule has 2 N–H and O–H groups in total. The van der Waals surface area contributed by atoms with Crippen molar-refractivity contribution in [2.24, 2.45) is 0 Å². The molecule has 0 radical (unpaired) electrons. The first kappa shape index (κ1) is 25.7. The molecule has 0 fully saturated rings. The van der Waals surface area contributed by atoms with E-state index < -0.39 is 17.4 Å². The molecule has 9 nitrogen and oxygen atoms in total. The molecule has 1 atom stereocenters. The number of carbonyl (C=O) groups excluding carboxylic acids is 2. The molecule has 2 amide bonds. The Morgan fingerprint density at radius 1 is 1.24 bits per heavy atom. The van der Waals surface area contributed by atoms with E-state index in [1.54, 1.807) is 41.4 Å². The Labute approximate surface area is 221 Å². The Morgan fingerprint density at radius 3 is 2.71 bits per heavy atom. The van der Waals surface area contributed by atoms with Gasteiger partial charge in [-0.1, -0.05) is 12.1 Å². The number of aromatic nitrogens is 2. The lowest BCUT2D eigenvalue weighted by molar-refractivity contribution is -0.119. The molecule has 0 saturated carbocycles. The lowest BCUT2D eigenvalue weighted by atomic mass is 10.0. The van der Waals surface area contributed by atoms with Crippen molar-refractivity contribution in [1.29, 1.82) is 0 Å². The molecule has 0 spiro atoms. The van der Waals surface area contributed by atoms with Crippen LogP contribution in [-0.4, -0.2) is 52.0 Å². The predicted octanol–water partition coefficient (Wildman–Crippen LogP) is 2.67. The second kappa shape index (κ2) is 10.4. The molecule has 3 heterocycles. The first-order chi connectivity index (χ1) is 18.2. The van der Waals surface area contributed by atoms with Gasteiger partial charge in [-0.2, -0.15) is 0 Å². The lowest BCUT2D eigenvalue weighted by Gasteiger charge is -2.29. The molecule has 1 aliphatic rings. The zero-order valence-corrected chi connectivity index (χ0v) is 21.7. The number of carbonyl (C=O) groups is 2. The molecule has 196 valence electrons. The van der Waals surface area contributed by atoms with Gasteiger partial charge in [0.15, 0.2) is 0 Å². The third-order valence-corrected chi connectivity index (χ3v) is 7.41. The summed E-state index contributed by atoms with van der Waals surface area (Å²) in [4.78, 5) is 46.9. The van der Waals surface area contributed by atoms with E-state index in [4.69, 9.17) is 0 Å². The molecular formula is C27H26FN5O4S. The van der Waals surface area contributed by atoms with Crippen LogP contribution in [0.4, 0.5) is 10.1 Å². The van der Waals surface area contributed by atoms with E-state index in [1.165, 1.54) is 34.6 Å². The summed E-state index contributed by atoms with van der Waals surface area (Å²) in [5.74, 6) is -1.13. The smallest absolute Gasteiger partial charge is 0.257 e. The molecule has 2 aromatic heterocycles. The van der Waals surface area contributed by atoms with Crippen LogP contribution >= 0.6 is 11.3 Å². The third-order valence-electron chi connectivity index (χ3n) is 6.54. The zero-order valence-electron chi connectivity index (χ0n) is 20.8. The minimum Gasteiger partial charge on any atom is -0.385 e. The van der Waals surface area contributed by atoms with Crippen LogP contribution in [0.1, 0.15) is 32.6 Å². The van der Waals surface area contributed by atoms with E-state index in [1.807, 2.05) is 18.0 Å². The molecule has 4 aromatic rings. The van der Waals surface area contributed by atoms with Gasteiger partial charge in [0.1, 0.15) is 29.0 Å². The van der Waals surface area contributed by atoms with Crippen molar-refractivity contribution < 1.29 is 19.1 Å². The molecule has 5 rings (SSSR count). The third kappa shape index (κ3) is 5.08. The van der Waals surface area contributed by atoms with Gasteiger partial charge in [-0.05, 0) is 42.4 Å². The van der Waals surface area contributed by atoms with E-state index in [9.17, 15) is 23.9 Å². The Morgan fingerprint density at radius 2 is 2.00 bits per heavy atom. The highest BCUT2D eigenvalue weighted by molar-refractivity contribution is 7.09. The molecule has 0 bridgehead atoms. The number of thiazole rings is 1. The summed E-state index contributed by atoms with van der Waals surface area (Å²) in [7, 11) is 3.51. The standard InChI is InChI=1S/C27H26FN5O4S/c1-31(14-22(34)27-29-7-8-38-27)12-17-9-19-24-21(10-17)32(2)23(35)15-33(24)13-20(25(19)36)26(37)30-11-16-3-5-18(28)6-4-16/h3-10,13,22,34H,11-12,14-15H2,1-2H3,(H,30,37)/t22-/m1/s1. The summed E-state index contributed by atoms with van der Waals surface area (Å²) in [6.45, 7) is 0.840. The molecule has 11 heteroatoms. The fourth-order valence-electron chi connectivity index (χ4n) is 4.62. The number of aliphatic hydroxyl groups excluding tert-OH is 1. The number of anilines is 1. The van der Waals surface area contributed by atoms with Crippen molar-refractivity contribution in [3.63, 3.8) is 0 Å². The van der Waals surface area contributed by atoms with Gasteiger partial charge in [-0.3, -0.25) is 19.3 Å². The van der Waals surface area contributed by atoms with Crippen LogP contribution in [-0.2, 0) is 24.4 Å². The van der Waals surface area contributed by atoms with Crippen LogP contribution < -0.4 is 15.6 Å². The number of benzene rings is 2. The van der Waals surface area contributed by atoms with Crippen molar-refractivity contribution in [2.45, 2.75) is 25.7 Å². The highest BCUT2D eigenvalue weighted by Crippen LogP contribution is 2.31. The molecule has 2 aromatic carbocycles. The van der Waals surface area contributed by atoms with Crippen LogP contribution in [0.2, 0.25) is 0 Å². The number of nitrogens with zero attached hydrogens (tertiary/aromatic N) is 4. The summed E-state index contributed by atoms with van der Waals surface area (Å²) >= 11 is 1.38. The van der Waals surface area contributed by atoms with Crippen molar-refractivity contribution in [1.82, 2.24) is 19.8 Å². The highest BCUT2D eigenvalue weighted by Gasteiger charge is 2.27. The Bertz CT molecular complexity index is 1570. The number of nitrogens with one attached hydrogen (secondary N) is 1. The number of hydrogen-bond donors (Lipinski definition) is 2. The molecule has 0 saturated heterocycles. The quantitative estimate of drug-likeness (QED) is 0.359. The number of pyridine rings is 1. The van der Waals surface area contributed by atoms with Crippen LogP contribution in [0.5, 0.6) is 0 Å². The van der Waals surface area contributed by atoms with Gasteiger partial charge in [0.05, 0.1) is 11.2 Å². The summed E-state index contributed by atoms with van der Waals surface area (Å²) in [6, 6.07) is 9.31. The minimum absolute atomic E-state index is 0.00220. The van der Waals surface area contributed by atoms with Crippen LogP contribution in [0.15, 0.2) is 59.0 Å². The van der Waals surface area contributed by atoms with E-state index >= 15 is 0 Å². The largest absolute Gasteiger partial charge is 0.385 e. The highest BCUT2D eigenvalue weighted by atomic mass is 32.1.